The molecule has 3 rings (SSSR count). The maximum absolute atomic E-state index is 13.2. The first-order valence-corrected chi connectivity index (χ1v) is 12.9. The van der Waals surface area contributed by atoms with Gasteiger partial charge in [0.05, 0.1) is 5.02 Å². The second kappa shape index (κ2) is 10.4. The SMILES string of the molecule is CC(C)CCN1CCN(C(=O)c2ccc(Cl)c(S(=O)(=O)N3CCCCCC3)c2)CC1. The molecule has 0 radical (unpaired) electrons. The molecule has 0 bridgehead atoms. The Morgan fingerprint density at radius 1 is 1.00 bits per heavy atom. The first kappa shape index (κ1) is 23.5. The van der Waals surface area contributed by atoms with E-state index < -0.39 is 10.0 Å². The predicted molar refractivity (Wildman–Crippen MR) is 120 cm³/mol. The lowest BCUT2D eigenvalue weighted by molar-refractivity contribution is 0.0631. The third-order valence-corrected chi connectivity index (χ3v) is 8.42. The van der Waals surface area contributed by atoms with Gasteiger partial charge >= 0.3 is 0 Å². The predicted octanol–water partition coefficient (Wildman–Crippen LogP) is 3.71. The number of benzene rings is 1. The highest BCUT2D eigenvalue weighted by Crippen LogP contribution is 2.28. The number of nitrogens with zero attached hydrogens (tertiary/aromatic N) is 3. The number of hydrogen-bond donors (Lipinski definition) is 0. The Morgan fingerprint density at radius 2 is 1.63 bits per heavy atom. The monoisotopic (exact) mass is 455 g/mol. The van der Waals surface area contributed by atoms with Crippen LogP contribution in [0.25, 0.3) is 0 Å². The van der Waals surface area contributed by atoms with Crippen LogP contribution >= 0.6 is 11.6 Å². The third-order valence-electron chi connectivity index (χ3n) is 6.04. The highest BCUT2D eigenvalue weighted by molar-refractivity contribution is 7.89. The molecule has 0 atom stereocenters. The van der Waals surface area contributed by atoms with Crippen molar-refractivity contribution in [3.05, 3.63) is 28.8 Å². The summed E-state index contributed by atoms with van der Waals surface area (Å²) in [7, 11) is -3.70. The fraction of sp³-hybridized carbons (Fsp3) is 0.682. The van der Waals surface area contributed by atoms with E-state index in [2.05, 4.69) is 18.7 Å². The summed E-state index contributed by atoms with van der Waals surface area (Å²) >= 11 is 6.27. The molecule has 1 amide bonds. The lowest BCUT2D eigenvalue weighted by Crippen LogP contribution is -2.49. The normalized spacial score (nSPS) is 19.8. The van der Waals surface area contributed by atoms with Crippen LogP contribution in [0.2, 0.25) is 5.02 Å². The van der Waals surface area contributed by atoms with Gasteiger partial charge in [0.15, 0.2) is 0 Å². The van der Waals surface area contributed by atoms with Gasteiger partial charge in [-0.3, -0.25) is 9.69 Å². The van der Waals surface area contributed by atoms with Crippen molar-refractivity contribution in [2.24, 2.45) is 5.92 Å². The molecule has 0 unspecified atom stereocenters. The van der Waals surface area contributed by atoms with Crippen LogP contribution in [0.4, 0.5) is 0 Å². The summed E-state index contributed by atoms with van der Waals surface area (Å²) in [5.41, 5.74) is 0.392. The van der Waals surface area contributed by atoms with Crippen LogP contribution < -0.4 is 0 Å². The fourth-order valence-corrected chi connectivity index (χ4v) is 6.07. The minimum absolute atomic E-state index is 0.0486. The van der Waals surface area contributed by atoms with Gasteiger partial charge in [0.25, 0.3) is 5.91 Å². The number of halogens is 1. The van der Waals surface area contributed by atoms with E-state index in [4.69, 9.17) is 11.6 Å². The second-order valence-corrected chi connectivity index (χ2v) is 11.1. The lowest BCUT2D eigenvalue weighted by Gasteiger charge is -2.35. The average Bonchev–Trinajstić information content (AvgIpc) is 3.02. The summed E-state index contributed by atoms with van der Waals surface area (Å²) in [6.07, 6.45) is 4.96. The van der Waals surface area contributed by atoms with Crippen LogP contribution in [0, 0.1) is 5.92 Å². The molecule has 1 aromatic carbocycles. The lowest BCUT2D eigenvalue weighted by atomic mass is 10.1. The molecule has 2 aliphatic rings. The number of hydrogen-bond acceptors (Lipinski definition) is 4. The Kier molecular flexibility index (Phi) is 8.18. The molecule has 1 aromatic rings. The second-order valence-electron chi connectivity index (χ2n) is 8.78. The first-order chi connectivity index (χ1) is 14.3. The van der Waals surface area contributed by atoms with E-state index in [-0.39, 0.29) is 15.8 Å². The Balaban J connectivity index is 1.71. The van der Waals surface area contributed by atoms with Gasteiger partial charge in [0.1, 0.15) is 4.90 Å². The molecule has 30 heavy (non-hydrogen) atoms. The molecule has 2 fully saturated rings. The molecular formula is C22H34ClN3O3S. The molecule has 2 aliphatic heterocycles. The Bertz CT molecular complexity index is 828. The Morgan fingerprint density at radius 3 is 2.23 bits per heavy atom. The van der Waals surface area contributed by atoms with Gasteiger partial charge in [0, 0.05) is 44.8 Å². The topological polar surface area (TPSA) is 60.9 Å². The third kappa shape index (κ3) is 5.75. The highest BCUT2D eigenvalue weighted by Gasteiger charge is 2.29. The molecule has 0 aromatic heterocycles. The van der Waals surface area contributed by atoms with Crippen molar-refractivity contribution in [1.82, 2.24) is 14.1 Å². The van der Waals surface area contributed by atoms with Crippen LogP contribution in [0.5, 0.6) is 0 Å². The van der Waals surface area contributed by atoms with Crippen molar-refractivity contribution in [1.29, 1.82) is 0 Å². The summed E-state index contributed by atoms with van der Waals surface area (Å²) < 4.78 is 27.9. The summed E-state index contributed by atoms with van der Waals surface area (Å²) in [5, 5.41) is 0.175. The maximum atomic E-state index is 13.2. The van der Waals surface area contributed by atoms with Crippen molar-refractivity contribution in [3.8, 4) is 0 Å². The minimum atomic E-state index is -3.70. The molecule has 168 valence electrons. The molecule has 0 saturated carbocycles. The zero-order valence-corrected chi connectivity index (χ0v) is 19.7. The van der Waals surface area contributed by atoms with Crippen LogP contribution in [0.3, 0.4) is 0 Å². The summed E-state index contributed by atoms with van der Waals surface area (Å²) in [6, 6.07) is 4.64. The summed E-state index contributed by atoms with van der Waals surface area (Å²) in [4.78, 5) is 17.3. The van der Waals surface area contributed by atoms with E-state index in [0.29, 0.717) is 37.7 Å². The van der Waals surface area contributed by atoms with Gasteiger partial charge in [0.2, 0.25) is 10.0 Å². The first-order valence-electron chi connectivity index (χ1n) is 11.1. The molecule has 0 aliphatic carbocycles. The number of amides is 1. The van der Waals surface area contributed by atoms with Crippen LogP contribution in [-0.2, 0) is 10.0 Å². The molecule has 0 spiro atoms. The van der Waals surface area contributed by atoms with Crippen molar-refractivity contribution in [2.45, 2.75) is 50.8 Å². The minimum Gasteiger partial charge on any atom is -0.336 e. The standard InChI is InChI=1S/C22H34ClN3O3S/c1-18(2)9-12-24-13-15-25(16-14-24)22(27)19-7-8-20(23)21(17-19)30(28,29)26-10-5-3-4-6-11-26/h7-8,17-18H,3-6,9-16H2,1-2H3. The number of carbonyl (C=O) groups excluding carboxylic acids is 1. The molecule has 2 saturated heterocycles. The quantitative estimate of drug-likeness (QED) is 0.656. The van der Waals surface area contributed by atoms with Crippen LogP contribution in [0.15, 0.2) is 23.1 Å². The molecule has 6 nitrogen and oxygen atoms in total. The van der Waals surface area contributed by atoms with E-state index in [1.54, 1.807) is 12.1 Å². The molecular weight excluding hydrogens is 422 g/mol. The van der Waals surface area contributed by atoms with E-state index in [0.717, 1.165) is 51.7 Å². The van der Waals surface area contributed by atoms with Gasteiger partial charge < -0.3 is 4.90 Å². The van der Waals surface area contributed by atoms with E-state index in [1.807, 2.05) is 4.90 Å². The number of carbonyl (C=O) groups is 1. The van der Waals surface area contributed by atoms with Gasteiger partial charge in [-0.2, -0.15) is 4.31 Å². The van der Waals surface area contributed by atoms with Crippen molar-refractivity contribution >= 4 is 27.5 Å². The van der Waals surface area contributed by atoms with Crippen LogP contribution in [0.1, 0.15) is 56.3 Å². The van der Waals surface area contributed by atoms with Crippen molar-refractivity contribution in [3.63, 3.8) is 0 Å². The highest BCUT2D eigenvalue weighted by atomic mass is 35.5. The number of sulfonamides is 1. The van der Waals surface area contributed by atoms with E-state index in [1.165, 1.54) is 10.4 Å². The largest absolute Gasteiger partial charge is 0.336 e. The zero-order chi connectivity index (χ0) is 21.7. The average molecular weight is 456 g/mol. The number of piperazine rings is 1. The molecule has 0 N–H and O–H groups in total. The molecule has 8 heteroatoms. The Hall–Kier alpha value is -1.15. The zero-order valence-electron chi connectivity index (χ0n) is 18.1. The summed E-state index contributed by atoms with van der Waals surface area (Å²) in [6.45, 7) is 9.54. The van der Waals surface area contributed by atoms with Gasteiger partial charge in [-0.1, -0.05) is 38.3 Å². The smallest absolute Gasteiger partial charge is 0.253 e. The van der Waals surface area contributed by atoms with Gasteiger partial charge in [-0.15, -0.1) is 0 Å². The van der Waals surface area contributed by atoms with Crippen LogP contribution in [-0.4, -0.2) is 74.2 Å². The Labute approximate surface area is 186 Å². The fourth-order valence-electron chi connectivity index (χ4n) is 4.05. The van der Waals surface area contributed by atoms with Gasteiger partial charge in [-0.25, -0.2) is 8.42 Å². The molecule has 2 heterocycles. The van der Waals surface area contributed by atoms with E-state index in [9.17, 15) is 13.2 Å². The summed E-state index contributed by atoms with van der Waals surface area (Å²) in [5.74, 6) is 0.547. The number of rotatable bonds is 6. The van der Waals surface area contributed by atoms with Crippen molar-refractivity contribution < 1.29 is 13.2 Å². The van der Waals surface area contributed by atoms with Gasteiger partial charge in [-0.05, 0) is 49.9 Å². The van der Waals surface area contributed by atoms with E-state index >= 15 is 0 Å². The van der Waals surface area contributed by atoms with Crippen molar-refractivity contribution in [2.75, 3.05) is 45.8 Å². The maximum Gasteiger partial charge on any atom is 0.253 e.